The second-order valence-corrected chi connectivity index (χ2v) is 5.29. The number of aromatic amines is 1. The number of thiazole rings is 1. The Kier molecular flexibility index (Phi) is 3.76. The third-order valence-electron chi connectivity index (χ3n) is 2.75. The molecule has 0 bridgehead atoms. The third-order valence-corrected chi connectivity index (χ3v) is 3.57. The summed E-state index contributed by atoms with van der Waals surface area (Å²) in [6, 6.07) is 0. The van der Waals surface area contributed by atoms with Gasteiger partial charge in [-0.1, -0.05) is 0 Å². The minimum atomic E-state index is -0.0136. The third kappa shape index (κ3) is 2.95. The molecule has 2 N–H and O–H groups in total. The van der Waals surface area contributed by atoms with Crippen molar-refractivity contribution in [2.75, 3.05) is 0 Å². The van der Waals surface area contributed by atoms with Crippen molar-refractivity contribution in [1.29, 1.82) is 0 Å². The maximum absolute atomic E-state index is 11.8. The number of hydrogen-bond acceptors (Lipinski definition) is 4. The fourth-order valence-electron chi connectivity index (χ4n) is 1.74. The van der Waals surface area contributed by atoms with E-state index in [1.165, 1.54) is 0 Å². The number of amides is 1. The van der Waals surface area contributed by atoms with E-state index in [4.69, 9.17) is 0 Å². The van der Waals surface area contributed by atoms with E-state index in [2.05, 4.69) is 20.5 Å². The lowest BCUT2D eigenvalue weighted by Gasteiger charge is -2.04. The van der Waals surface area contributed by atoms with Gasteiger partial charge in [0.2, 0.25) is 5.91 Å². The van der Waals surface area contributed by atoms with Gasteiger partial charge in [-0.2, -0.15) is 5.10 Å². The molecule has 2 rings (SSSR count). The Morgan fingerprint density at radius 1 is 1.44 bits per heavy atom. The van der Waals surface area contributed by atoms with Crippen LogP contribution in [-0.2, 0) is 17.8 Å². The van der Waals surface area contributed by atoms with E-state index in [-0.39, 0.29) is 5.91 Å². The van der Waals surface area contributed by atoms with Crippen LogP contribution in [0.3, 0.4) is 0 Å². The van der Waals surface area contributed by atoms with Crippen molar-refractivity contribution in [3.8, 4) is 0 Å². The highest BCUT2D eigenvalue weighted by molar-refractivity contribution is 7.09. The molecule has 0 radical (unpaired) electrons. The van der Waals surface area contributed by atoms with Gasteiger partial charge in [-0.05, 0) is 20.8 Å². The molecule has 5 nitrogen and oxygen atoms in total. The van der Waals surface area contributed by atoms with Crippen molar-refractivity contribution in [3.05, 3.63) is 33.0 Å². The van der Waals surface area contributed by atoms with Gasteiger partial charge in [0, 0.05) is 23.2 Å². The van der Waals surface area contributed by atoms with Gasteiger partial charge >= 0.3 is 0 Å². The Hall–Kier alpha value is -1.69. The molecule has 0 saturated carbocycles. The van der Waals surface area contributed by atoms with E-state index >= 15 is 0 Å². The standard InChI is InChI=1S/C12H16N4OS/c1-7-11(8(2)16-15-7)5-13-12(17)4-10-6-18-9(3)14-10/h6H,4-5H2,1-3H3,(H,13,17)(H,15,16). The zero-order chi connectivity index (χ0) is 13.1. The van der Waals surface area contributed by atoms with Gasteiger partial charge in [0.25, 0.3) is 0 Å². The second kappa shape index (κ2) is 5.30. The zero-order valence-corrected chi connectivity index (χ0v) is 11.5. The van der Waals surface area contributed by atoms with Crippen LogP contribution in [0, 0.1) is 20.8 Å². The van der Waals surface area contributed by atoms with Crippen molar-refractivity contribution in [1.82, 2.24) is 20.5 Å². The van der Waals surface area contributed by atoms with E-state index in [0.717, 1.165) is 27.7 Å². The summed E-state index contributed by atoms with van der Waals surface area (Å²) in [6.45, 7) is 6.32. The van der Waals surface area contributed by atoms with E-state index in [1.54, 1.807) is 11.3 Å². The highest BCUT2D eigenvalue weighted by Crippen LogP contribution is 2.10. The normalized spacial score (nSPS) is 10.6. The van der Waals surface area contributed by atoms with Crippen LogP contribution in [-0.4, -0.2) is 21.1 Å². The van der Waals surface area contributed by atoms with Crippen molar-refractivity contribution in [2.24, 2.45) is 0 Å². The smallest absolute Gasteiger partial charge is 0.226 e. The molecule has 2 aromatic heterocycles. The summed E-state index contributed by atoms with van der Waals surface area (Å²) in [5.74, 6) is -0.0136. The van der Waals surface area contributed by atoms with Crippen LogP contribution >= 0.6 is 11.3 Å². The van der Waals surface area contributed by atoms with Crippen LogP contribution in [0.4, 0.5) is 0 Å². The summed E-state index contributed by atoms with van der Waals surface area (Å²) < 4.78 is 0. The van der Waals surface area contributed by atoms with Gasteiger partial charge in [0.05, 0.1) is 22.8 Å². The molecule has 6 heteroatoms. The maximum atomic E-state index is 11.8. The molecular weight excluding hydrogens is 248 g/mol. The first-order valence-corrected chi connectivity index (χ1v) is 6.62. The molecule has 0 aromatic carbocycles. The summed E-state index contributed by atoms with van der Waals surface area (Å²) in [7, 11) is 0. The fraction of sp³-hybridized carbons (Fsp3) is 0.417. The highest BCUT2D eigenvalue weighted by Gasteiger charge is 2.09. The molecular formula is C12H16N4OS. The lowest BCUT2D eigenvalue weighted by atomic mass is 10.2. The Morgan fingerprint density at radius 2 is 2.22 bits per heavy atom. The first-order valence-electron chi connectivity index (χ1n) is 5.74. The maximum Gasteiger partial charge on any atom is 0.226 e. The molecule has 0 aliphatic carbocycles. The number of aromatic nitrogens is 3. The molecule has 1 amide bonds. The number of carbonyl (C=O) groups excluding carboxylic acids is 1. The Balaban J connectivity index is 1.89. The number of nitrogens with one attached hydrogen (secondary N) is 2. The average molecular weight is 264 g/mol. The molecule has 0 saturated heterocycles. The van der Waals surface area contributed by atoms with Crippen molar-refractivity contribution in [2.45, 2.75) is 33.7 Å². The average Bonchev–Trinajstić information content (AvgIpc) is 2.84. The van der Waals surface area contributed by atoms with E-state index in [0.29, 0.717) is 13.0 Å². The van der Waals surface area contributed by atoms with Gasteiger partial charge in [-0.25, -0.2) is 4.98 Å². The molecule has 0 aliphatic rings. The first kappa shape index (κ1) is 12.8. The minimum absolute atomic E-state index is 0.0136. The van der Waals surface area contributed by atoms with E-state index in [1.807, 2.05) is 26.2 Å². The molecule has 2 heterocycles. The van der Waals surface area contributed by atoms with Gasteiger partial charge < -0.3 is 5.32 Å². The van der Waals surface area contributed by atoms with Crippen LogP contribution in [0.1, 0.15) is 27.7 Å². The number of hydrogen-bond donors (Lipinski definition) is 2. The zero-order valence-electron chi connectivity index (χ0n) is 10.7. The molecule has 0 spiro atoms. The van der Waals surface area contributed by atoms with Gasteiger partial charge in [-0.15, -0.1) is 11.3 Å². The fourth-order valence-corrected chi connectivity index (χ4v) is 2.35. The molecule has 0 aliphatic heterocycles. The molecule has 0 fully saturated rings. The second-order valence-electron chi connectivity index (χ2n) is 4.22. The van der Waals surface area contributed by atoms with Crippen LogP contribution in [0.5, 0.6) is 0 Å². The summed E-state index contributed by atoms with van der Waals surface area (Å²) >= 11 is 1.56. The molecule has 0 atom stereocenters. The Bertz CT molecular complexity index is 539. The van der Waals surface area contributed by atoms with Crippen molar-refractivity contribution in [3.63, 3.8) is 0 Å². The quantitative estimate of drug-likeness (QED) is 0.882. The predicted octanol–water partition coefficient (Wildman–Crippen LogP) is 1.65. The summed E-state index contributed by atoms with van der Waals surface area (Å²) in [5, 5.41) is 12.8. The van der Waals surface area contributed by atoms with Crippen LogP contribution in [0.15, 0.2) is 5.38 Å². The number of nitrogens with zero attached hydrogens (tertiary/aromatic N) is 2. The summed E-state index contributed by atoms with van der Waals surface area (Å²) in [6.07, 6.45) is 0.334. The van der Waals surface area contributed by atoms with Crippen LogP contribution in [0.2, 0.25) is 0 Å². The first-order chi connectivity index (χ1) is 8.56. The molecule has 2 aromatic rings. The van der Waals surface area contributed by atoms with Crippen molar-refractivity contribution < 1.29 is 4.79 Å². The predicted molar refractivity (Wildman–Crippen MR) is 70.5 cm³/mol. The van der Waals surface area contributed by atoms with Crippen molar-refractivity contribution >= 4 is 17.2 Å². The van der Waals surface area contributed by atoms with Gasteiger partial charge in [0.15, 0.2) is 0 Å². The monoisotopic (exact) mass is 264 g/mol. The number of H-pyrrole nitrogens is 1. The number of carbonyl (C=O) groups is 1. The SMILES string of the molecule is Cc1nc(CC(=O)NCc2c(C)n[nH]c2C)cs1. The number of rotatable bonds is 4. The Morgan fingerprint density at radius 3 is 2.78 bits per heavy atom. The van der Waals surface area contributed by atoms with E-state index in [9.17, 15) is 4.79 Å². The Labute approximate surface area is 110 Å². The minimum Gasteiger partial charge on any atom is -0.352 e. The van der Waals surface area contributed by atoms with Crippen LogP contribution < -0.4 is 5.32 Å². The largest absolute Gasteiger partial charge is 0.352 e. The lowest BCUT2D eigenvalue weighted by Crippen LogP contribution is -2.25. The van der Waals surface area contributed by atoms with Gasteiger partial charge in [0.1, 0.15) is 0 Å². The summed E-state index contributed by atoms with van der Waals surface area (Å²) in [5.41, 5.74) is 3.81. The number of aryl methyl sites for hydroxylation is 3. The molecule has 96 valence electrons. The van der Waals surface area contributed by atoms with Crippen LogP contribution in [0.25, 0.3) is 0 Å². The lowest BCUT2D eigenvalue weighted by molar-refractivity contribution is -0.120. The van der Waals surface area contributed by atoms with Gasteiger partial charge in [-0.3, -0.25) is 9.89 Å². The highest BCUT2D eigenvalue weighted by atomic mass is 32.1. The topological polar surface area (TPSA) is 70.7 Å². The molecule has 0 unspecified atom stereocenters. The summed E-state index contributed by atoms with van der Waals surface area (Å²) in [4.78, 5) is 16.0. The van der Waals surface area contributed by atoms with E-state index < -0.39 is 0 Å². The molecule has 18 heavy (non-hydrogen) atoms.